The molecule has 0 N–H and O–H groups in total. The van der Waals surface area contributed by atoms with Crippen molar-refractivity contribution in [3.63, 3.8) is 0 Å². The number of nitrogens with zero attached hydrogens (tertiary/aromatic N) is 2. The van der Waals surface area contributed by atoms with Crippen molar-refractivity contribution < 1.29 is 13.6 Å². The maximum absolute atomic E-state index is 13.4. The Morgan fingerprint density at radius 1 is 0.840 bits per heavy atom. The van der Waals surface area contributed by atoms with E-state index in [1.165, 1.54) is 0 Å². The highest BCUT2D eigenvalue weighted by molar-refractivity contribution is 7.53. The monoisotopic (exact) mass is 354 g/mol. The second kappa shape index (κ2) is 7.86. The third-order valence-corrected chi connectivity index (χ3v) is 4.74. The number of aryl methyl sites for hydroxylation is 1. The first kappa shape index (κ1) is 17.1. The Bertz CT molecular complexity index is 878. The van der Waals surface area contributed by atoms with Gasteiger partial charge < -0.3 is 13.6 Å². The topological polar surface area (TPSA) is 52.8 Å². The van der Waals surface area contributed by atoms with Gasteiger partial charge in [-0.05, 0) is 43.3 Å². The van der Waals surface area contributed by atoms with Crippen molar-refractivity contribution in [1.29, 1.82) is 0 Å². The number of rotatable bonds is 6. The lowest BCUT2D eigenvalue weighted by molar-refractivity contribution is 0.385. The fraction of sp³-hybridized carbons (Fsp3) is 0.105. The van der Waals surface area contributed by atoms with Crippen molar-refractivity contribution in [2.75, 3.05) is 0 Å². The largest absolute Gasteiger partial charge is 0.565 e. The summed E-state index contributed by atoms with van der Waals surface area (Å²) in [6.45, 7) is 2.68. The first-order valence-corrected chi connectivity index (χ1v) is 9.49. The summed E-state index contributed by atoms with van der Waals surface area (Å²) in [7, 11) is -3.82. The second-order valence-corrected chi connectivity index (χ2v) is 6.72. The molecule has 0 amide bonds. The lowest BCUT2D eigenvalue weighted by Crippen LogP contribution is -2.19. The molecule has 1 heterocycles. The van der Waals surface area contributed by atoms with Gasteiger partial charge in [0.2, 0.25) is 0 Å². The molecular formula is C19H19N2O3P. The molecule has 0 radical (unpaired) electrons. The molecule has 0 aliphatic carbocycles. The van der Waals surface area contributed by atoms with Gasteiger partial charge in [-0.1, -0.05) is 42.5 Å². The number of hydrogen-bond donors (Lipinski definition) is 0. The predicted octanol–water partition coefficient (Wildman–Crippen LogP) is 4.67. The molecule has 0 saturated carbocycles. The number of aromatic nitrogens is 1. The van der Waals surface area contributed by atoms with Crippen LogP contribution < -0.4 is 14.5 Å². The van der Waals surface area contributed by atoms with Crippen molar-refractivity contribution in [1.82, 2.24) is 4.57 Å². The van der Waals surface area contributed by atoms with E-state index >= 15 is 0 Å². The van der Waals surface area contributed by atoms with E-state index in [4.69, 9.17) is 9.05 Å². The van der Waals surface area contributed by atoms with E-state index in [0.29, 0.717) is 23.5 Å². The van der Waals surface area contributed by atoms with E-state index in [1.807, 2.05) is 42.0 Å². The molecule has 0 unspecified atom stereocenters. The highest BCUT2D eigenvalue weighted by atomic mass is 31.2. The van der Waals surface area contributed by atoms with Crippen LogP contribution in [0.25, 0.3) is 0 Å². The summed E-state index contributed by atoms with van der Waals surface area (Å²) in [5.74, 6) is 0.869. The molecule has 0 bridgehead atoms. The van der Waals surface area contributed by atoms with Gasteiger partial charge in [0.1, 0.15) is 17.0 Å². The average molecular weight is 354 g/mol. The molecule has 0 atom stereocenters. The summed E-state index contributed by atoms with van der Waals surface area (Å²) < 4.78 is 30.9. The van der Waals surface area contributed by atoms with E-state index in [1.54, 1.807) is 54.6 Å². The summed E-state index contributed by atoms with van der Waals surface area (Å²) in [5, 5.41) is 0. The van der Waals surface area contributed by atoms with Crippen molar-refractivity contribution in [3.8, 4) is 11.5 Å². The Morgan fingerprint density at radius 2 is 1.36 bits per heavy atom. The Hall–Kier alpha value is -2.78. The molecule has 0 aliphatic heterocycles. The van der Waals surface area contributed by atoms with Crippen molar-refractivity contribution in [2.45, 2.75) is 13.5 Å². The molecule has 3 aromatic rings. The predicted molar refractivity (Wildman–Crippen MR) is 97.4 cm³/mol. The molecule has 0 spiro atoms. The van der Waals surface area contributed by atoms with Gasteiger partial charge in [0.15, 0.2) is 0 Å². The zero-order valence-corrected chi connectivity index (χ0v) is 14.8. The summed E-state index contributed by atoms with van der Waals surface area (Å²) >= 11 is 0. The lowest BCUT2D eigenvalue weighted by Gasteiger charge is -2.16. The Balaban J connectivity index is 2.03. The highest BCUT2D eigenvalue weighted by Gasteiger charge is 2.28. The molecule has 3 rings (SSSR count). The van der Waals surface area contributed by atoms with Crippen LogP contribution in [0.3, 0.4) is 0 Å². The Labute approximate surface area is 146 Å². The fourth-order valence-electron chi connectivity index (χ4n) is 2.24. The van der Waals surface area contributed by atoms with Crippen LogP contribution in [-0.4, -0.2) is 4.57 Å². The lowest BCUT2D eigenvalue weighted by atomic mass is 10.3. The van der Waals surface area contributed by atoms with Gasteiger partial charge in [-0.2, -0.15) is 0 Å². The van der Waals surface area contributed by atoms with E-state index in [-0.39, 0.29) is 0 Å². The molecule has 128 valence electrons. The quantitative estimate of drug-likeness (QED) is 0.604. The summed E-state index contributed by atoms with van der Waals surface area (Å²) in [6, 6.07) is 23.3. The Morgan fingerprint density at radius 3 is 1.88 bits per heavy atom. The second-order valence-electron chi connectivity index (χ2n) is 5.22. The van der Waals surface area contributed by atoms with Crippen molar-refractivity contribution in [2.24, 2.45) is 4.76 Å². The fourth-order valence-corrected chi connectivity index (χ4v) is 3.57. The zero-order valence-electron chi connectivity index (χ0n) is 13.9. The summed E-state index contributed by atoms with van der Waals surface area (Å²) in [5.41, 5.74) is 0.528. The maximum atomic E-state index is 13.4. The standard InChI is InChI=1S/C19H19N2O3P/c1-2-21-16-10-9-15-19(21)20-25(22,23-17-11-5-3-6-12-17)24-18-13-7-4-8-14-18/h3-16H,2H2,1H3. The first-order chi connectivity index (χ1) is 12.2. The number of para-hydroxylation sites is 2. The van der Waals surface area contributed by atoms with Crippen molar-refractivity contribution in [3.05, 3.63) is 90.5 Å². The minimum Gasteiger partial charge on any atom is -0.399 e. The molecule has 0 saturated heterocycles. The van der Waals surface area contributed by atoms with Crippen LogP contribution in [0.1, 0.15) is 6.92 Å². The van der Waals surface area contributed by atoms with E-state index in [9.17, 15) is 4.57 Å². The normalized spacial score (nSPS) is 12.0. The number of hydrogen-bond acceptors (Lipinski definition) is 3. The van der Waals surface area contributed by atoms with E-state index < -0.39 is 7.75 Å². The third-order valence-electron chi connectivity index (χ3n) is 3.41. The number of pyridine rings is 1. The molecule has 25 heavy (non-hydrogen) atoms. The SMILES string of the molecule is CCn1ccccc1=NP(=O)(Oc1ccccc1)Oc1ccccc1. The van der Waals surface area contributed by atoms with E-state index in [0.717, 1.165) is 0 Å². The van der Waals surface area contributed by atoms with Crippen LogP contribution in [-0.2, 0) is 11.1 Å². The van der Waals surface area contributed by atoms with Crippen LogP contribution in [0.4, 0.5) is 0 Å². The molecule has 6 heteroatoms. The van der Waals surface area contributed by atoms with Gasteiger partial charge in [0.25, 0.3) is 0 Å². The molecule has 2 aromatic carbocycles. The molecular weight excluding hydrogens is 335 g/mol. The average Bonchev–Trinajstić information content (AvgIpc) is 2.63. The van der Waals surface area contributed by atoms with Gasteiger partial charge in [-0.3, -0.25) is 0 Å². The van der Waals surface area contributed by atoms with Gasteiger partial charge in [0, 0.05) is 12.7 Å². The van der Waals surface area contributed by atoms with Crippen LogP contribution in [0, 0.1) is 0 Å². The van der Waals surface area contributed by atoms with Gasteiger partial charge in [-0.15, -0.1) is 4.76 Å². The first-order valence-electron chi connectivity index (χ1n) is 7.99. The van der Waals surface area contributed by atoms with Crippen LogP contribution in [0.2, 0.25) is 0 Å². The Kier molecular flexibility index (Phi) is 5.36. The molecule has 0 fully saturated rings. The smallest absolute Gasteiger partial charge is 0.399 e. The van der Waals surface area contributed by atoms with Crippen molar-refractivity contribution >= 4 is 7.75 Å². The summed E-state index contributed by atoms with van der Waals surface area (Å²) in [6.07, 6.45) is 1.87. The molecule has 5 nitrogen and oxygen atoms in total. The van der Waals surface area contributed by atoms with Gasteiger partial charge in [0.05, 0.1) is 0 Å². The minimum atomic E-state index is -3.82. The maximum Gasteiger partial charge on any atom is 0.565 e. The van der Waals surface area contributed by atoms with Crippen LogP contribution in [0.5, 0.6) is 11.5 Å². The van der Waals surface area contributed by atoms with Crippen LogP contribution >= 0.6 is 7.75 Å². The van der Waals surface area contributed by atoms with Crippen LogP contribution in [0.15, 0.2) is 89.8 Å². The summed E-state index contributed by atoms with van der Waals surface area (Å²) in [4.78, 5) is 0. The highest BCUT2D eigenvalue weighted by Crippen LogP contribution is 2.49. The van der Waals surface area contributed by atoms with E-state index in [2.05, 4.69) is 4.76 Å². The minimum absolute atomic E-state index is 0.435. The zero-order chi connectivity index (χ0) is 17.5. The van der Waals surface area contributed by atoms with Gasteiger partial charge in [-0.25, -0.2) is 4.57 Å². The third kappa shape index (κ3) is 4.61. The molecule has 1 aromatic heterocycles. The number of benzene rings is 2. The molecule has 0 aliphatic rings. The van der Waals surface area contributed by atoms with Gasteiger partial charge >= 0.3 is 7.75 Å².